The lowest BCUT2D eigenvalue weighted by Crippen LogP contribution is -1.97. The third-order valence-corrected chi connectivity index (χ3v) is 3.68. The van der Waals surface area contributed by atoms with Crippen LogP contribution in [0.5, 0.6) is 0 Å². The van der Waals surface area contributed by atoms with Crippen molar-refractivity contribution in [3.63, 3.8) is 0 Å². The topological polar surface area (TPSA) is 30.7 Å². The van der Waals surface area contributed by atoms with Crippen molar-refractivity contribution in [2.45, 2.75) is 13.8 Å². The van der Waals surface area contributed by atoms with Crippen LogP contribution >= 0.6 is 23.2 Å². The van der Waals surface area contributed by atoms with Crippen LogP contribution in [0.15, 0.2) is 30.5 Å². The Hall–Kier alpha value is -1.58. The molecular formula is C14H11Cl2N3. The molecule has 3 nitrogen and oxygen atoms in total. The number of fused-ring (bicyclic) bond motifs is 1. The predicted octanol–water partition coefficient (Wildman–Crippen LogP) is 4.34. The van der Waals surface area contributed by atoms with Gasteiger partial charge in [0.25, 0.3) is 0 Å². The SMILES string of the molecule is Cc1ccc(-n2ccc3c(Cl)nnc(Cl)c32)c(C)c1. The van der Waals surface area contributed by atoms with Crippen LogP contribution in [0.25, 0.3) is 16.6 Å². The molecule has 0 aliphatic carbocycles. The summed E-state index contributed by atoms with van der Waals surface area (Å²) >= 11 is 12.2. The van der Waals surface area contributed by atoms with Gasteiger partial charge in [0.15, 0.2) is 10.3 Å². The fourth-order valence-corrected chi connectivity index (χ4v) is 2.70. The van der Waals surface area contributed by atoms with E-state index in [2.05, 4.69) is 42.2 Å². The molecule has 0 aliphatic heterocycles. The molecule has 0 bridgehead atoms. The highest BCUT2D eigenvalue weighted by Crippen LogP contribution is 2.30. The van der Waals surface area contributed by atoms with Crippen molar-refractivity contribution in [3.05, 3.63) is 51.9 Å². The minimum absolute atomic E-state index is 0.351. The second-order valence-corrected chi connectivity index (χ2v) is 5.24. The number of nitrogens with zero attached hydrogens (tertiary/aromatic N) is 3. The molecule has 0 fully saturated rings. The Morgan fingerprint density at radius 2 is 1.74 bits per heavy atom. The molecule has 0 atom stereocenters. The molecule has 96 valence electrons. The molecule has 0 aliphatic rings. The summed E-state index contributed by atoms with van der Waals surface area (Å²) in [6, 6.07) is 8.16. The third-order valence-electron chi connectivity index (χ3n) is 3.14. The predicted molar refractivity (Wildman–Crippen MR) is 78.4 cm³/mol. The van der Waals surface area contributed by atoms with Crippen LogP contribution in [0.4, 0.5) is 0 Å². The van der Waals surface area contributed by atoms with E-state index in [0.29, 0.717) is 10.3 Å². The van der Waals surface area contributed by atoms with Gasteiger partial charge >= 0.3 is 0 Å². The normalized spacial score (nSPS) is 11.2. The van der Waals surface area contributed by atoms with Gasteiger partial charge in [-0.2, -0.15) is 0 Å². The molecule has 5 heteroatoms. The number of rotatable bonds is 1. The van der Waals surface area contributed by atoms with Crippen LogP contribution in [0.3, 0.4) is 0 Å². The van der Waals surface area contributed by atoms with Gasteiger partial charge in [-0.1, -0.05) is 40.9 Å². The summed E-state index contributed by atoms with van der Waals surface area (Å²) in [5.41, 5.74) is 4.24. The standard InChI is InChI=1S/C14H11Cl2N3/c1-8-3-4-11(9(2)7-8)19-6-5-10-12(19)14(16)18-17-13(10)15/h3-7H,1-2H3. The Kier molecular flexibility index (Phi) is 2.96. The smallest absolute Gasteiger partial charge is 0.176 e. The van der Waals surface area contributed by atoms with Gasteiger partial charge in [0.2, 0.25) is 0 Å². The molecule has 2 aromatic heterocycles. The number of aromatic nitrogens is 3. The van der Waals surface area contributed by atoms with Crippen LogP contribution in [-0.4, -0.2) is 14.8 Å². The number of hydrogen-bond donors (Lipinski definition) is 0. The van der Waals surface area contributed by atoms with Crippen LogP contribution in [0.1, 0.15) is 11.1 Å². The van der Waals surface area contributed by atoms with Crippen LogP contribution in [-0.2, 0) is 0 Å². The zero-order valence-electron chi connectivity index (χ0n) is 10.5. The van der Waals surface area contributed by atoms with E-state index in [0.717, 1.165) is 16.6 Å². The Morgan fingerprint density at radius 1 is 1.00 bits per heavy atom. The van der Waals surface area contributed by atoms with Crippen LogP contribution < -0.4 is 0 Å². The fraction of sp³-hybridized carbons (Fsp3) is 0.143. The maximum Gasteiger partial charge on any atom is 0.176 e. The molecule has 0 amide bonds. The first-order valence-electron chi connectivity index (χ1n) is 5.84. The molecule has 1 aromatic carbocycles. The zero-order chi connectivity index (χ0) is 13.6. The summed E-state index contributed by atoms with van der Waals surface area (Å²) in [5, 5.41) is 9.22. The highest BCUT2D eigenvalue weighted by atomic mass is 35.5. The van der Waals surface area contributed by atoms with E-state index in [1.807, 2.05) is 16.8 Å². The molecule has 2 heterocycles. The first-order chi connectivity index (χ1) is 9.08. The molecular weight excluding hydrogens is 281 g/mol. The Bertz CT molecular complexity index is 778. The van der Waals surface area contributed by atoms with Crippen LogP contribution in [0.2, 0.25) is 10.3 Å². The van der Waals surface area contributed by atoms with Crippen molar-refractivity contribution < 1.29 is 0 Å². The van der Waals surface area contributed by atoms with Gasteiger partial charge in [-0.15, -0.1) is 10.2 Å². The van der Waals surface area contributed by atoms with Crippen molar-refractivity contribution in [3.8, 4) is 5.69 Å². The minimum atomic E-state index is 0.351. The lowest BCUT2D eigenvalue weighted by molar-refractivity contribution is 1.03. The van der Waals surface area contributed by atoms with Gasteiger partial charge in [-0.3, -0.25) is 0 Å². The largest absolute Gasteiger partial charge is 0.313 e. The van der Waals surface area contributed by atoms with Gasteiger partial charge in [0, 0.05) is 17.3 Å². The number of aryl methyl sites for hydroxylation is 2. The molecule has 19 heavy (non-hydrogen) atoms. The Balaban J connectivity index is 2.34. The Labute approximate surface area is 120 Å². The van der Waals surface area contributed by atoms with E-state index in [4.69, 9.17) is 23.2 Å². The summed E-state index contributed by atoms with van der Waals surface area (Å²) in [6.07, 6.45) is 1.93. The second kappa shape index (κ2) is 4.51. The van der Waals surface area contributed by atoms with Gasteiger partial charge in [-0.05, 0) is 31.5 Å². The molecule has 3 rings (SSSR count). The average Bonchev–Trinajstić information content (AvgIpc) is 2.80. The fourth-order valence-electron chi connectivity index (χ4n) is 2.27. The summed E-state index contributed by atoms with van der Waals surface area (Å²) in [6.45, 7) is 4.14. The van der Waals surface area contributed by atoms with Crippen molar-refractivity contribution in [1.29, 1.82) is 0 Å². The molecule has 3 aromatic rings. The monoisotopic (exact) mass is 291 g/mol. The molecule has 0 spiro atoms. The molecule has 0 N–H and O–H groups in total. The van der Waals surface area contributed by atoms with E-state index in [1.165, 1.54) is 11.1 Å². The third kappa shape index (κ3) is 1.99. The molecule has 0 radical (unpaired) electrons. The molecule has 0 saturated heterocycles. The number of halogens is 2. The minimum Gasteiger partial charge on any atom is -0.313 e. The van der Waals surface area contributed by atoms with Gasteiger partial charge in [0.1, 0.15) is 0 Å². The number of hydrogen-bond acceptors (Lipinski definition) is 2. The van der Waals surface area contributed by atoms with Crippen molar-refractivity contribution in [2.24, 2.45) is 0 Å². The highest BCUT2D eigenvalue weighted by Gasteiger charge is 2.13. The summed E-state index contributed by atoms with van der Waals surface area (Å²) < 4.78 is 1.99. The lowest BCUT2D eigenvalue weighted by Gasteiger charge is -2.10. The first kappa shape index (κ1) is 12.5. The Morgan fingerprint density at radius 3 is 2.47 bits per heavy atom. The maximum atomic E-state index is 6.16. The maximum absolute atomic E-state index is 6.16. The van der Waals surface area contributed by atoms with Crippen LogP contribution in [0, 0.1) is 13.8 Å². The van der Waals surface area contributed by atoms with E-state index in [9.17, 15) is 0 Å². The van der Waals surface area contributed by atoms with Crippen molar-refractivity contribution >= 4 is 34.1 Å². The molecule has 0 saturated carbocycles. The van der Waals surface area contributed by atoms with E-state index < -0.39 is 0 Å². The highest BCUT2D eigenvalue weighted by molar-refractivity contribution is 6.38. The van der Waals surface area contributed by atoms with E-state index >= 15 is 0 Å². The van der Waals surface area contributed by atoms with Gasteiger partial charge in [0.05, 0.1) is 5.52 Å². The van der Waals surface area contributed by atoms with Crippen molar-refractivity contribution in [1.82, 2.24) is 14.8 Å². The first-order valence-corrected chi connectivity index (χ1v) is 6.60. The number of benzene rings is 1. The zero-order valence-corrected chi connectivity index (χ0v) is 12.0. The van der Waals surface area contributed by atoms with Gasteiger partial charge < -0.3 is 4.57 Å². The van der Waals surface area contributed by atoms with Gasteiger partial charge in [-0.25, -0.2) is 0 Å². The summed E-state index contributed by atoms with van der Waals surface area (Å²) in [4.78, 5) is 0. The lowest BCUT2D eigenvalue weighted by atomic mass is 10.1. The summed E-state index contributed by atoms with van der Waals surface area (Å²) in [5.74, 6) is 0. The summed E-state index contributed by atoms with van der Waals surface area (Å²) in [7, 11) is 0. The van der Waals surface area contributed by atoms with Crippen molar-refractivity contribution in [2.75, 3.05) is 0 Å². The quantitative estimate of drug-likeness (QED) is 0.667. The van der Waals surface area contributed by atoms with E-state index in [1.54, 1.807) is 0 Å². The second-order valence-electron chi connectivity index (χ2n) is 4.52. The average molecular weight is 292 g/mol. The molecule has 0 unspecified atom stereocenters. The van der Waals surface area contributed by atoms with E-state index in [-0.39, 0.29) is 0 Å².